The number of hydrogen-bond donors (Lipinski definition) is 1. The zero-order chi connectivity index (χ0) is 9.94. The maximum Gasteiger partial charge on any atom is 0.0590 e. The van der Waals surface area contributed by atoms with Gasteiger partial charge in [-0.2, -0.15) is 0 Å². The van der Waals surface area contributed by atoms with Crippen molar-refractivity contribution >= 4 is 11.6 Å². The highest BCUT2D eigenvalue weighted by molar-refractivity contribution is 6.20. The Kier molecular flexibility index (Phi) is 10.5. The lowest BCUT2D eigenvalue weighted by Crippen LogP contribution is -2.26. The summed E-state index contributed by atoms with van der Waals surface area (Å²) in [5.41, 5.74) is 0. The van der Waals surface area contributed by atoms with Crippen LogP contribution >= 0.6 is 11.6 Å². The van der Waals surface area contributed by atoms with Crippen LogP contribution in [-0.2, 0) is 4.74 Å². The second-order valence-electron chi connectivity index (χ2n) is 3.18. The van der Waals surface area contributed by atoms with Crippen LogP contribution < -0.4 is 5.32 Å². The fraction of sp³-hybridized carbons (Fsp3) is 1.00. The molecule has 0 aliphatic carbocycles. The van der Waals surface area contributed by atoms with E-state index in [0.29, 0.717) is 0 Å². The first-order valence-electron chi connectivity index (χ1n) is 5.23. The average molecular weight is 208 g/mol. The van der Waals surface area contributed by atoms with Gasteiger partial charge >= 0.3 is 0 Å². The van der Waals surface area contributed by atoms with E-state index in [1.165, 1.54) is 6.42 Å². The number of ether oxygens (including phenoxy) is 1. The van der Waals surface area contributed by atoms with Crippen LogP contribution in [0.5, 0.6) is 0 Å². The van der Waals surface area contributed by atoms with Crippen LogP contribution in [0.1, 0.15) is 33.1 Å². The molecule has 2 nitrogen and oxygen atoms in total. The Hall–Kier alpha value is 0.210. The fourth-order valence-corrected chi connectivity index (χ4v) is 1.00. The Bertz CT molecular complexity index is 101. The highest BCUT2D eigenvalue weighted by Crippen LogP contribution is 1.97. The van der Waals surface area contributed by atoms with Crippen molar-refractivity contribution in [2.75, 3.05) is 26.3 Å². The van der Waals surface area contributed by atoms with Gasteiger partial charge in [0.2, 0.25) is 0 Å². The zero-order valence-corrected chi connectivity index (χ0v) is 9.57. The molecule has 0 aliphatic heterocycles. The Morgan fingerprint density at radius 1 is 1.31 bits per heavy atom. The number of rotatable bonds is 9. The van der Waals surface area contributed by atoms with Gasteiger partial charge in [0.25, 0.3) is 0 Å². The standard InChI is InChI=1S/C10H22ClNO/c1-3-5-7-13-8-6-12-9-10(11)4-2/h10,12H,3-9H2,1-2H3. The molecule has 0 aromatic heterocycles. The van der Waals surface area contributed by atoms with Crippen molar-refractivity contribution in [3.63, 3.8) is 0 Å². The molecule has 0 amide bonds. The number of alkyl halides is 1. The predicted octanol–water partition coefficient (Wildman–Crippen LogP) is 2.41. The molecule has 0 saturated heterocycles. The molecular formula is C10H22ClNO. The SMILES string of the molecule is CCCCOCCNCC(Cl)CC. The van der Waals surface area contributed by atoms with Gasteiger partial charge in [-0.15, -0.1) is 11.6 Å². The van der Waals surface area contributed by atoms with Crippen LogP contribution in [0.3, 0.4) is 0 Å². The number of hydrogen-bond acceptors (Lipinski definition) is 2. The number of nitrogens with one attached hydrogen (secondary N) is 1. The quantitative estimate of drug-likeness (QED) is 0.463. The van der Waals surface area contributed by atoms with Gasteiger partial charge in [0.15, 0.2) is 0 Å². The van der Waals surface area contributed by atoms with Crippen molar-refractivity contribution in [3.05, 3.63) is 0 Å². The summed E-state index contributed by atoms with van der Waals surface area (Å²) in [4.78, 5) is 0. The molecule has 0 aromatic carbocycles. The molecule has 1 atom stereocenters. The minimum Gasteiger partial charge on any atom is -0.380 e. The molecule has 1 unspecified atom stereocenters. The minimum atomic E-state index is 0.260. The Morgan fingerprint density at radius 3 is 2.69 bits per heavy atom. The van der Waals surface area contributed by atoms with E-state index in [2.05, 4.69) is 19.2 Å². The van der Waals surface area contributed by atoms with Gasteiger partial charge < -0.3 is 10.1 Å². The molecule has 0 fully saturated rings. The van der Waals surface area contributed by atoms with Gasteiger partial charge in [0.05, 0.1) is 6.61 Å². The maximum absolute atomic E-state index is 5.92. The monoisotopic (exact) mass is 207 g/mol. The Labute approximate surface area is 87.0 Å². The summed E-state index contributed by atoms with van der Waals surface area (Å²) >= 11 is 5.92. The molecular weight excluding hydrogens is 186 g/mol. The van der Waals surface area contributed by atoms with E-state index in [4.69, 9.17) is 16.3 Å². The molecule has 3 heteroatoms. The van der Waals surface area contributed by atoms with E-state index in [-0.39, 0.29) is 5.38 Å². The summed E-state index contributed by atoms with van der Waals surface area (Å²) in [6.45, 7) is 7.74. The third kappa shape index (κ3) is 10.1. The van der Waals surface area contributed by atoms with Crippen molar-refractivity contribution in [3.8, 4) is 0 Å². The highest BCUT2D eigenvalue weighted by Gasteiger charge is 1.98. The van der Waals surface area contributed by atoms with E-state index >= 15 is 0 Å². The summed E-state index contributed by atoms with van der Waals surface area (Å²) in [7, 11) is 0. The maximum atomic E-state index is 5.92. The van der Waals surface area contributed by atoms with E-state index in [1.807, 2.05) is 0 Å². The molecule has 1 N–H and O–H groups in total. The summed E-state index contributed by atoms with van der Waals surface area (Å²) in [6.07, 6.45) is 3.38. The van der Waals surface area contributed by atoms with E-state index < -0.39 is 0 Å². The number of halogens is 1. The number of unbranched alkanes of at least 4 members (excludes halogenated alkanes) is 1. The summed E-state index contributed by atoms with van der Waals surface area (Å²) in [6, 6.07) is 0. The van der Waals surface area contributed by atoms with Crippen LogP contribution in [0.4, 0.5) is 0 Å². The Balaban J connectivity index is 2.91. The highest BCUT2D eigenvalue weighted by atomic mass is 35.5. The predicted molar refractivity (Wildman–Crippen MR) is 58.5 cm³/mol. The van der Waals surface area contributed by atoms with E-state index in [1.54, 1.807) is 0 Å². The topological polar surface area (TPSA) is 21.3 Å². The summed E-state index contributed by atoms with van der Waals surface area (Å²) in [5, 5.41) is 3.52. The molecule has 0 heterocycles. The van der Waals surface area contributed by atoms with Gasteiger partial charge in [0.1, 0.15) is 0 Å². The first-order chi connectivity index (χ1) is 6.31. The molecule has 0 aromatic rings. The minimum absolute atomic E-state index is 0.260. The van der Waals surface area contributed by atoms with Crippen molar-refractivity contribution in [1.82, 2.24) is 5.32 Å². The van der Waals surface area contributed by atoms with Crippen molar-refractivity contribution in [1.29, 1.82) is 0 Å². The molecule has 13 heavy (non-hydrogen) atoms. The average Bonchev–Trinajstić information content (AvgIpc) is 2.16. The van der Waals surface area contributed by atoms with Gasteiger partial charge in [0, 0.05) is 25.1 Å². The normalized spacial score (nSPS) is 13.2. The molecule has 0 rings (SSSR count). The summed E-state index contributed by atoms with van der Waals surface area (Å²) < 4.78 is 5.38. The van der Waals surface area contributed by atoms with Crippen molar-refractivity contribution in [2.45, 2.75) is 38.5 Å². The van der Waals surface area contributed by atoms with Gasteiger partial charge in [-0.3, -0.25) is 0 Å². The molecule has 0 bridgehead atoms. The molecule has 0 saturated carbocycles. The Morgan fingerprint density at radius 2 is 2.08 bits per heavy atom. The smallest absolute Gasteiger partial charge is 0.0590 e. The van der Waals surface area contributed by atoms with Crippen LogP contribution in [-0.4, -0.2) is 31.7 Å². The van der Waals surface area contributed by atoms with Gasteiger partial charge in [-0.25, -0.2) is 0 Å². The molecule has 0 radical (unpaired) electrons. The summed E-state index contributed by atoms with van der Waals surface area (Å²) in [5.74, 6) is 0. The lowest BCUT2D eigenvalue weighted by Gasteiger charge is -2.08. The second kappa shape index (κ2) is 10.3. The van der Waals surface area contributed by atoms with Crippen molar-refractivity contribution in [2.24, 2.45) is 0 Å². The third-order valence-electron chi connectivity index (χ3n) is 1.87. The molecule has 80 valence electrons. The first-order valence-corrected chi connectivity index (χ1v) is 5.67. The third-order valence-corrected chi connectivity index (χ3v) is 2.34. The largest absolute Gasteiger partial charge is 0.380 e. The van der Waals surface area contributed by atoms with Gasteiger partial charge in [-0.1, -0.05) is 20.3 Å². The van der Waals surface area contributed by atoms with Crippen LogP contribution in [0.15, 0.2) is 0 Å². The lowest BCUT2D eigenvalue weighted by atomic mass is 10.3. The van der Waals surface area contributed by atoms with Crippen molar-refractivity contribution < 1.29 is 4.74 Å². The van der Waals surface area contributed by atoms with Crippen LogP contribution in [0.2, 0.25) is 0 Å². The second-order valence-corrected chi connectivity index (χ2v) is 3.79. The van der Waals surface area contributed by atoms with E-state index in [0.717, 1.165) is 39.1 Å². The fourth-order valence-electron chi connectivity index (χ4n) is 0.896. The zero-order valence-electron chi connectivity index (χ0n) is 8.81. The van der Waals surface area contributed by atoms with Gasteiger partial charge in [-0.05, 0) is 12.8 Å². The van der Waals surface area contributed by atoms with Crippen LogP contribution in [0, 0.1) is 0 Å². The lowest BCUT2D eigenvalue weighted by molar-refractivity contribution is 0.133. The molecule has 0 spiro atoms. The molecule has 0 aliphatic rings. The first kappa shape index (κ1) is 13.2. The van der Waals surface area contributed by atoms with E-state index in [9.17, 15) is 0 Å². The van der Waals surface area contributed by atoms with Crippen LogP contribution in [0.25, 0.3) is 0 Å².